The largest absolute Gasteiger partial charge is 0.452 e. The first-order chi connectivity index (χ1) is 9.47. The van der Waals surface area contributed by atoms with Gasteiger partial charge < -0.3 is 20.0 Å². The quantitative estimate of drug-likeness (QED) is 0.908. The summed E-state index contributed by atoms with van der Waals surface area (Å²) in [6.07, 6.45) is 1.59. The molecule has 6 nitrogen and oxygen atoms in total. The summed E-state index contributed by atoms with van der Waals surface area (Å²) < 4.78 is 6.03. The second-order valence-electron chi connectivity index (χ2n) is 5.02. The van der Waals surface area contributed by atoms with Crippen molar-refractivity contribution in [1.29, 1.82) is 0 Å². The van der Waals surface area contributed by atoms with Crippen molar-refractivity contribution in [2.24, 2.45) is 11.7 Å². The lowest BCUT2D eigenvalue weighted by Crippen LogP contribution is -2.47. The van der Waals surface area contributed by atoms with Gasteiger partial charge in [-0.1, -0.05) is 0 Å². The molecule has 1 aliphatic heterocycles. The van der Waals surface area contributed by atoms with Crippen LogP contribution < -0.4 is 5.73 Å². The summed E-state index contributed by atoms with van der Waals surface area (Å²) in [6.45, 7) is 1.45. The van der Waals surface area contributed by atoms with E-state index in [0.717, 1.165) is 18.6 Å². The van der Waals surface area contributed by atoms with Crippen molar-refractivity contribution in [2.75, 3.05) is 20.1 Å². The molecule has 3 amide bonds. The lowest BCUT2D eigenvalue weighted by molar-refractivity contribution is -0.136. The Hall–Kier alpha value is -1.50. The van der Waals surface area contributed by atoms with Crippen molar-refractivity contribution in [2.45, 2.75) is 19.4 Å². The first-order valence-corrected chi connectivity index (χ1v) is 7.30. The zero-order valence-corrected chi connectivity index (χ0v) is 12.9. The number of nitrogens with zero attached hydrogens (tertiary/aromatic N) is 2. The molecule has 1 aromatic rings. The summed E-state index contributed by atoms with van der Waals surface area (Å²) in [5.74, 6) is 0.554. The number of rotatable bonds is 3. The maximum absolute atomic E-state index is 12.4. The molecule has 2 rings (SSSR count). The van der Waals surface area contributed by atoms with Gasteiger partial charge in [0, 0.05) is 20.1 Å². The minimum atomic E-state index is -0.458. The molecule has 1 aliphatic rings. The summed E-state index contributed by atoms with van der Waals surface area (Å²) in [5, 5.41) is 0. The molecule has 0 bridgehead atoms. The lowest BCUT2D eigenvalue weighted by Gasteiger charge is -2.32. The number of nitrogens with two attached hydrogens (primary N) is 1. The van der Waals surface area contributed by atoms with Crippen LogP contribution in [0.1, 0.15) is 18.6 Å². The average molecular weight is 344 g/mol. The number of primary amides is 1. The maximum atomic E-state index is 12.4. The smallest absolute Gasteiger partial charge is 0.314 e. The van der Waals surface area contributed by atoms with Gasteiger partial charge in [0.05, 0.1) is 12.5 Å². The third kappa shape index (κ3) is 3.53. The Labute approximate surface area is 126 Å². The Morgan fingerprint density at radius 3 is 2.90 bits per heavy atom. The Morgan fingerprint density at radius 1 is 1.55 bits per heavy atom. The molecule has 0 aliphatic carbocycles. The van der Waals surface area contributed by atoms with E-state index in [0.29, 0.717) is 24.3 Å². The highest BCUT2D eigenvalue weighted by atomic mass is 79.9. The summed E-state index contributed by atoms with van der Waals surface area (Å²) in [7, 11) is 1.74. The van der Waals surface area contributed by atoms with Gasteiger partial charge in [0.15, 0.2) is 4.67 Å². The predicted molar refractivity (Wildman–Crippen MR) is 76.8 cm³/mol. The van der Waals surface area contributed by atoms with E-state index in [9.17, 15) is 9.59 Å². The van der Waals surface area contributed by atoms with E-state index in [1.165, 1.54) is 4.90 Å². The minimum absolute atomic E-state index is 0.0171. The van der Waals surface area contributed by atoms with Gasteiger partial charge in [-0.3, -0.25) is 4.79 Å². The van der Waals surface area contributed by atoms with Gasteiger partial charge >= 0.3 is 6.03 Å². The third-order valence-corrected chi connectivity index (χ3v) is 3.91. The number of likely N-dealkylation sites (tertiary alicyclic amines) is 1. The number of urea groups is 1. The number of hydrogen-bond donors (Lipinski definition) is 1. The number of hydrogen-bond acceptors (Lipinski definition) is 3. The Balaban J connectivity index is 1.94. The zero-order chi connectivity index (χ0) is 14.7. The molecule has 1 saturated heterocycles. The van der Waals surface area contributed by atoms with Crippen LogP contribution in [0.2, 0.25) is 0 Å². The van der Waals surface area contributed by atoms with Crippen LogP contribution >= 0.6 is 15.9 Å². The highest BCUT2D eigenvalue weighted by molar-refractivity contribution is 9.10. The van der Waals surface area contributed by atoms with Crippen LogP contribution in [0.15, 0.2) is 21.2 Å². The predicted octanol–water partition coefficient (Wildman–Crippen LogP) is 1.79. The number of amides is 3. The molecule has 110 valence electrons. The van der Waals surface area contributed by atoms with Gasteiger partial charge in [-0.05, 0) is 40.9 Å². The molecule has 1 atom stereocenters. The highest BCUT2D eigenvalue weighted by Crippen LogP contribution is 2.20. The van der Waals surface area contributed by atoms with Gasteiger partial charge in [-0.15, -0.1) is 0 Å². The molecule has 0 aromatic carbocycles. The van der Waals surface area contributed by atoms with E-state index in [1.807, 2.05) is 6.07 Å². The summed E-state index contributed by atoms with van der Waals surface area (Å²) in [6, 6.07) is 3.16. The normalized spacial score (nSPS) is 18.9. The molecule has 1 fully saturated rings. The molecular formula is C13H18BrN3O3. The summed E-state index contributed by atoms with van der Waals surface area (Å²) >= 11 is 3.23. The van der Waals surface area contributed by atoms with Crippen molar-refractivity contribution in [3.05, 3.63) is 22.6 Å². The molecule has 0 saturated carbocycles. The minimum Gasteiger partial charge on any atom is -0.452 e. The average Bonchev–Trinajstić information content (AvgIpc) is 2.83. The van der Waals surface area contributed by atoms with Crippen LogP contribution in [-0.2, 0) is 11.3 Å². The summed E-state index contributed by atoms with van der Waals surface area (Å²) in [5.41, 5.74) is 5.27. The second kappa shape index (κ2) is 6.30. The van der Waals surface area contributed by atoms with Crippen molar-refractivity contribution < 1.29 is 14.0 Å². The van der Waals surface area contributed by atoms with E-state index in [1.54, 1.807) is 18.0 Å². The summed E-state index contributed by atoms with van der Waals surface area (Å²) in [4.78, 5) is 26.7. The topological polar surface area (TPSA) is 79.8 Å². The van der Waals surface area contributed by atoms with E-state index in [4.69, 9.17) is 10.2 Å². The first-order valence-electron chi connectivity index (χ1n) is 6.51. The van der Waals surface area contributed by atoms with Crippen LogP contribution in [0.5, 0.6) is 0 Å². The number of furan rings is 1. The SMILES string of the molecule is CN(Cc1ccc(Br)o1)C(=O)C1CCCN(C(N)=O)C1. The van der Waals surface area contributed by atoms with Crippen LogP contribution in [0, 0.1) is 5.92 Å². The molecule has 7 heteroatoms. The fraction of sp³-hybridized carbons (Fsp3) is 0.538. The van der Waals surface area contributed by atoms with Crippen molar-refractivity contribution in [1.82, 2.24) is 9.80 Å². The van der Waals surface area contributed by atoms with Crippen LogP contribution in [0.4, 0.5) is 4.79 Å². The van der Waals surface area contributed by atoms with Gasteiger partial charge in [0.2, 0.25) is 5.91 Å². The van der Waals surface area contributed by atoms with Gasteiger partial charge in [-0.25, -0.2) is 4.79 Å². The van der Waals surface area contributed by atoms with E-state index >= 15 is 0 Å². The van der Waals surface area contributed by atoms with Gasteiger partial charge in [0.1, 0.15) is 5.76 Å². The number of piperidine rings is 1. The van der Waals surface area contributed by atoms with Crippen molar-refractivity contribution >= 4 is 27.9 Å². The number of halogens is 1. The fourth-order valence-corrected chi connectivity index (χ4v) is 2.78. The first kappa shape index (κ1) is 14.9. The van der Waals surface area contributed by atoms with Gasteiger partial charge in [-0.2, -0.15) is 0 Å². The molecule has 2 heterocycles. The zero-order valence-electron chi connectivity index (χ0n) is 11.3. The number of carbonyl (C=O) groups excluding carboxylic acids is 2. The van der Waals surface area contributed by atoms with Crippen molar-refractivity contribution in [3.63, 3.8) is 0 Å². The molecule has 1 aromatic heterocycles. The van der Waals surface area contributed by atoms with E-state index < -0.39 is 6.03 Å². The molecule has 1 unspecified atom stereocenters. The Kier molecular flexibility index (Phi) is 4.69. The Morgan fingerprint density at radius 2 is 2.30 bits per heavy atom. The highest BCUT2D eigenvalue weighted by Gasteiger charge is 2.29. The number of carbonyl (C=O) groups is 2. The van der Waals surface area contributed by atoms with E-state index in [2.05, 4.69) is 15.9 Å². The van der Waals surface area contributed by atoms with Crippen LogP contribution in [-0.4, -0.2) is 41.9 Å². The van der Waals surface area contributed by atoms with Gasteiger partial charge in [0.25, 0.3) is 0 Å². The molecular weight excluding hydrogens is 326 g/mol. The molecule has 2 N–H and O–H groups in total. The van der Waals surface area contributed by atoms with Crippen LogP contribution in [0.25, 0.3) is 0 Å². The fourth-order valence-electron chi connectivity index (χ4n) is 2.44. The second-order valence-corrected chi connectivity index (χ2v) is 5.81. The third-order valence-electron chi connectivity index (χ3n) is 3.48. The molecule has 0 radical (unpaired) electrons. The Bertz CT molecular complexity index is 503. The van der Waals surface area contributed by atoms with Crippen molar-refractivity contribution in [3.8, 4) is 0 Å². The maximum Gasteiger partial charge on any atom is 0.314 e. The molecule has 0 spiro atoms. The standard InChI is InChI=1S/C13H18BrN3O3/c1-16(8-10-4-5-11(14)20-10)12(18)9-3-2-6-17(7-9)13(15)19/h4-5,9H,2-3,6-8H2,1H3,(H2,15,19). The lowest BCUT2D eigenvalue weighted by atomic mass is 9.97. The monoisotopic (exact) mass is 343 g/mol. The van der Waals surface area contributed by atoms with Crippen LogP contribution in [0.3, 0.4) is 0 Å². The van der Waals surface area contributed by atoms with E-state index in [-0.39, 0.29) is 11.8 Å². The molecule has 20 heavy (non-hydrogen) atoms.